The number of aryl methyl sites for hydroxylation is 1. The average molecular weight is 301 g/mol. The minimum Gasteiger partial charge on any atom is -0.295 e. The molecule has 0 radical (unpaired) electrons. The van der Waals surface area contributed by atoms with Gasteiger partial charge in [-0.25, -0.2) is 4.98 Å². The minimum atomic E-state index is -0.693. The van der Waals surface area contributed by atoms with Crippen molar-refractivity contribution in [2.75, 3.05) is 0 Å². The van der Waals surface area contributed by atoms with Crippen molar-refractivity contribution in [2.45, 2.75) is 39.7 Å². The number of nitrogens with one attached hydrogen (secondary N) is 1. The average Bonchev–Trinajstić information content (AvgIpc) is 2.45. The zero-order valence-corrected chi connectivity index (χ0v) is 12.9. The van der Waals surface area contributed by atoms with Crippen molar-refractivity contribution < 1.29 is 9.59 Å². The molecular formula is C16H19N3O3. The number of nitrogens with zero attached hydrogens (tertiary/aromatic N) is 2. The lowest BCUT2D eigenvalue weighted by Gasteiger charge is -2.24. The number of hydrogen-bond donors (Lipinski definition) is 1. The minimum absolute atomic E-state index is 0.220. The van der Waals surface area contributed by atoms with E-state index in [2.05, 4.69) is 10.3 Å². The third-order valence-electron chi connectivity index (χ3n) is 3.54. The highest BCUT2D eigenvalue weighted by atomic mass is 16.2. The van der Waals surface area contributed by atoms with Crippen molar-refractivity contribution in [3.05, 3.63) is 39.6 Å². The van der Waals surface area contributed by atoms with Gasteiger partial charge in [0, 0.05) is 6.42 Å². The van der Waals surface area contributed by atoms with Gasteiger partial charge in [-0.15, -0.1) is 0 Å². The second-order valence-corrected chi connectivity index (χ2v) is 5.10. The molecule has 2 heterocycles. The van der Waals surface area contributed by atoms with E-state index in [9.17, 15) is 14.4 Å². The lowest BCUT2D eigenvalue weighted by molar-refractivity contribution is -0.135. The molecule has 0 saturated carbocycles. The molecular weight excluding hydrogens is 282 g/mol. The third kappa shape index (κ3) is 2.90. The molecule has 1 aromatic rings. The van der Waals surface area contributed by atoms with E-state index in [0.29, 0.717) is 23.5 Å². The summed E-state index contributed by atoms with van der Waals surface area (Å²) in [5.41, 5.74) is 0.746. The van der Waals surface area contributed by atoms with Gasteiger partial charge in [0.1, 0.15) is 11.9 Å². The van der Waals surface area contributed by atoms with Crippen molar-refractivity contribution in [3.8, 4) is 0 Å². The highest BCUT2D eigenvalue weighted by Gasteiger charge is 2.30. The Bertz CT molecular complexity index is 729. The van der Waals surface area contributed by atoms with E-state index in [1.54, 1.807) is 25.2 Å². The van der Waals surface area contributed by atoms with Crippen LogP contribution in [0.1, 0.15) is 49.8 Å². The number of allylic oxidation sites excluding steroid dienone is 2. The fourth-order valence-electron chi connectivity index (χ4n) is 2.58. The van der Waals surface area contributed by atoms with Crippen LogP contribution in [0.3, 0.4) is 0 Å². The molecule has 1 fully saturated rings. The molecule has 0 aromatic carbocycles. The van der Waals surface area contributed by atoms with Crippen LogP contribution in [0.5, 0.6) is 0 Å². The molecule has 1 unspecified atom stereocenters. The highest BCUT2D eigenvalue weighted by molar-refractivity contribution is 5.99. The first-order valence-corrected chi connectivity index (χ1v) is 7.21. The first kappa shape index (κ1) is 15.9. The molecule has 116 valence electrons. The Morgan fingerprint density at radius 2 is 1.86 bits per heavy atom. The number of piperidine rings is 1. The second kappa shape index (κ2) is 6.51. The van der Waals surface area contributed by atoms with Crippen molar-refractivity contribution >= 4 is 24.0 Å². The number of carbonyl (C=O) groups is 2. The van der Waals surface area contributed by atoms with Crippen LogP contribution in [0.4, 0.5) is 0 Å². The molecule has 1 N–H and O–H groups in total. The van der Waals surface area contributed by atoms with Crippen LogP contribution >= 0.6 is 0 Å². The van der Waals surface area contributed by atoms with Gasteiger partial charge in [-0.1, -0.05) is 18.2 Å². The molecule has 0 bridgehead atoms. The molecule has 1 aliphatic rings. The van der Waals surface area contributed by atoms with Crippen molar-refractivity contribution in [3.63, 3.8) is 0 Å². The van der Waals surface area contributed by atoms with Crippen molar-refractivity contribution in [2.24, 2.45) is 0 Å². The van der Waals surface area contributed by atoms with E-state index in [1.165, 1.54) is 4.57 Å². The van der Waals surface area contributed by atoms with Crippen LogP contribution in [-0.4, -0.2) is 21.4 Å². The predicted molar refractivity (Wildman–Crippen MR) is 84.1 cm³/mol. The Morgan fingerprint density at radius 3 is 2.45 bits per heavy atom. The van der Waals surface area contributed by atoms with Gasteiger partial charge in [0.15, 0.2) is 0 Å². The summed E-state index contributed by atoms with van der Waals surface area (Å²) in [6.45, 7) is 5.36. The number of rotatable bonds is 3. The number of hydrogen-bond acceptors (Lipinski definition) is 4. The molecule has 1 aromatic heterocycles. The highest BCUT2D eigenvalue weighted by Crippen LogP contribution is 2.19. The van der Waals surface area contributed by atoms with E-state index in [1.807, 2.05) is 19.9 Å². The van der Waals surface area contributed by atoms with E-state index in [0.717, 1.165) is 0 Å². The first-order valence-electron chi connectivity index (χ1n) is 7.21. The fraction of sp³-hybridized carbons (Fsp3) is 0.375. The quantitative estimate of drug-likeness (QED) is 0.860. The Balaban J connectivity index is 2.62. The summed E-state index contributed by atoms with van der Waals surface area (Å²) in [6.07, 6.45) is 7.55. The zero-order valence-electron chi connectivity index (χ0n) is 12.9. The predicted octanol–water partition coefficient (Wildman–Crippen LogP) is 1.60. The molecule has 2 amide bonds. The zero-order chi connectivity index (χ0) is 16.3. The SMILES string of the molecule is C/C=C\c1nc(C)n(C2CCC(=O)NC2=O)c(=O)c1/C=C\C. The Labute approximate surface area is 128 Å². The Hall–Kier alpha value is -2.50. The van der Waals surface area contributed by atoms with Gasteiger partial charge in [0.2, 0.25) is 11.8 Å². The van der Waals surface area contributed by atoms with Crippen LogP contribution in [0.25, 0.3) is 12.2 Å². The topological polar surface area (TPSA) is 81.1 Å². The van der Waals surface area contributed by atoms with Gasteiger partial charge in [-0.3, -0.25) is 24.3 Å². The van der Waals surface area contributed by atoms with E-state index in [4.69, 9.17) is 0 Å². The second-order valence-electron chi connectivity index (χ2n) is 5.10. The third-order valence-corrected chi connectivity index (χ3v) is 3.54. The van der Waals surface area contributed by atoms with Crippen molar-refractivity contribution in [1.29, 1.82) is 0 Å². The maximum Gasteiger partial charge on any atom is 0.262 e. The van der Waals surface area contributed by atoms with Gasteiger partial charge in [-0.05, 0) is 33.3 Å². The summed E-state index contributed by atoms with van der Waals surface area (Å²) in [6, 6.07) is -0.693. The van der Waals surface area contributed by atoms with Crippen LogP contribution in [0.15, 0.2) is 16.9 Å². The van der Waals surface area contributed by atoms with Crippen LogP contribution in [0, 0.1) is 6.92 Å². The molecule has 22 heavy (non-hydrogen) atoms. The number of aromatic nitrogens is 2. The molecule has 6 nitrogen and oxygen atoms in total. The molecule has 1 atom stereocenters. The molecule has 1 aliphatic heterocycles. The lowest BCUT2D eigenvalue weighted by Crippen LogP contribution is -2.45. The number of carbonyl (C=O) groups excluding carboxylic acids is 2. The van der Waals surface area contributed by atoms with E-state index in [-0.39, 0.29) is 17.9 Å². The number of amides is 2. The van der Waals surface area contributed by atoms with Gasteiger partial charge in [0.05, 0.1) is 11.3 Å². The van der Waals surface area contributed by atoms with Crippen LogP contribution < -0.4 is 10.9 Å². The summed E-state index contributed by atoms with van der Waals surface area (Å²) < 4.78 is 1.38. The summed E-state index contributed by atoms with van der Waals surface area (Å²) >= 11 is 0. The van der Waals surface area contributed by atoms with Gasteiger partial charge in [0.25, 0.3) is 5.56 Å². The monoisotopic (exact) mass is 301 g/mol. The summed E-state index contributed by atoms with van der Waals surface area (Å²) in [5, 5.41) is 2.28. The maximum atomic E-state index is 12.8. The maximum absolute atomic E-state index is 12.8. The normalized spacial score (nSPS) is 19.1. The summed E-state index contributed by atoms with van der Waals surface area (Å²) in [4.78, 5) is 40.5. The molecule has 0 aliphatic carbocycles. The number of imide groups is 1. The Kier molecular flexibility index (Phi) is 4.70. The largest absolute Gasteiger partial charge is 0.295 e. The van der Waals surface area contributed by atoms with Crippen LogP contribution in [0.2, 0.25) is 0 Å². The molecule has 6 heteroatoms. The molecule has 2 rings (SSSR count). The smallest absolute Gasteiger partial charge is 0.262 e. The van der Waals surface area contributed by atoms with Crippen LogP contribution in [-0.2, 0) is 9.59 Å². The van der Waals surface area contributed by atoms with E-state index < -0.39 is 11.9 Å². The van der Waals surface area contributed by atoms with Gasteiger partial charge in [-0.2, -0.15) is 0 Å². The molecule has 1 saturated heterocycles. The summed E-state index contributed by atoms with van der Waals surface area (Å²) in [5.74, 6) is -0.298. The molecule has 0 spiro atoms. The van der Waals surface area contributed by atoms with E-state index >= 15 is 0 Å². The fourth-order valence-corrected chi connectivity index (χ4v) is 2.58. The first-order chi connectivity index (χ1) is 10.5. The summed E-state index contributed by atoms with van der Waals surface area (Å²) in [7, 11) is 0. The standard InChI is InChI=1S/C16H19N3O3/c1-4-6-11-12(7-5-2)17-10(3)19(16(11)22)13-8-9-14(20)18-15(13)21/h4-7,13H,8-9H2,1-3H3,(H,18,20,21)/b6-4-,7-5-. The van der Waals surface area contributed by atoms with Gasteiger partial charge < -0.3 is 0 Å². The van der Waals surface area contributed by atoms with Crippen molar-refractivity contribution in [1.82, 2.24) is 14.9 Å². The Morgan fingerprint density at radius 1 is 1.18 bits per heavy atom. The lowest BCUT2D eigenvalue weighted by atomic mass is 10.0. The van der Waals surface area contributed by atoms with Gasteiger partial charge >= 0.3 is 0 Å².